The SMILES string of the molecule is O=S(=O)(OCC(F)(F)F)C(F)(F)C(F)(F)C(F)(F)OC(F)(F)C(F)(F)F. The van der Waals surface area contributed by atoms with Crippen LogP contribution in [0.1, 0.15) is 0 Å². The maximum absolute atomic E-state index is 13.0. The molecule has 0 aliphatic carbocycles. The number of ether oxygens (including phenoxy) is 1. The predicted molar refractivity (Wildman–Crippen MR) is 47.9 cm³/mol. The van der Waals surface area contributed by atoms with Gasteiger partial charge >= 0.3 is 45.9 Å². The number of hydrogen-bond donors (Lipinski definition) is 0. The lowest BCUT2D eigenvalue weighted by molar-refractivity contribution is -0.495. The Morgan fingerprint density at radius 3 is 1.35 bits per heavy atom. The summed E-state index contributed by atoms with van der Waals surface area (Å²) in [5.41, 5.74) is 0. The molecule has 0 unspecified atom stereocenters. The molecule has 0 fully saturated rings. The molecule has 0 radical (unpaired) electrons. The molecular formula is C7H2F14O4S. The van der Waals surface area contributed by atoms with Gasteiger partial charge in [-0.1, -0.05) is 0 Å². The van der Waals surface area contributed by atoms with E-state index in [1.165, 1.54) is 4.74 Å². The Morgan fingerprint density at radius 2 is 1.04 bits per heavy atom. The third kappa shape index (κ3) is 4.78. The van der Waals surface area contributed by atoms with E-state index in [1.54, 1.807) is 0 Å². The molecule has 0 saturated carbocycles. The average molecular weight is 448 g/mol. The first-order valence-corrected chi connectivity index (χ1v) is 6.56. The van der Waals surface area contributed by atoms with Crippen LogP contribution in [0.4, 0.5) is 61.5 Å². The normalized spacial score (nSPS) is 16.1. The van der Waals surface area contributed by atoms with Crippen molar-refractivity contribution in [2.45, 2.75) is 35.7 Å². The van der Waals surface area contributed by atoms with Crippen LogP contribution in [-0.4, -0.2) is 50.8 Å². The van der Waals surface area contributed by atoms with E-state index in [0.29, 0.717) is 0 Å². The molecule has 0 aliphatic heterocycles. The van der Waals surface area contributed by atoms with Gasteiger partial charge in [-0.05, 0) is 0 Å². The van der Waals surface area contributed by atoms with Crippen molar-refractivity contribution in [3.63, 3.8) is 0 Å². The summed E-state index contributed by atoms with van der Waals surface area (Å²) in [6.07, 6.45) is -27.6. The summed E-state index contributed by atoms with van der Waals surface area (Å²) in [5.74, 6) is -7.72. The highest BCUT2D eigenvalue weighted by atomic mass is 32.2. The Bertz CT molecular complexity index is 602. The summed E-state index contributed by atoms with van der Waals surface area (Å²) in [4.78, 5) is 0. The Kier molecular flexibility index (Phi) is 6.22. The molecule has 26 heavy (non-hydrogen) atoms. The average Bonchev–Trinajstić information content (AvgIpc) is 2.32. The summed E-state index contributed by atoms with van der Waals surface area (Å²) in [5, 5.41) is -7.42. The van der Waals surface area contributed by atoms with Gasteiger partial charge in [0.15, 0.2) is 6.61 Å². The van der Waals surface area contributed by atoms with Gasteiger partial charge in [0.2, 0.25) is 0 Å². The predicted octanol–water partition coefficient (Wildman–Crippen LogP) is 3.89. The zero-order valence-electron chi connectivity index (χ0n) is 11.0. The smallest absolute Gasteiger partial charge is 0.256 e. The molecule has 0 N–H and O–H groups in total. The van der Waals surface area contributed by atoms with E-state index in [-0.39, 0.29) is 0 Å². The molecule has 0 bridgehead atoms. The van der Waals surface area contributed by atoms with Gasteiger partial charge < -0.3 is 0 Å². The number of hydrogen-bond acceptors (Lipinski definition) is 4. The third-order valence-electron chi connectivity index (χ3n) is 2.01. The molecule has 0 spiro atoms. The number of rotatable bonds is 7. The lowest BCUT2D eigenvalue weighted by atomic mass is 10.3. The van der Waals surface area contributed by atoms with Gasteiger partial charge in [0, 0.05) is 0 Å². The fourth-order valence-corrected chi connectivity index (χ4v) is 1.70. The van der Waals surface area contributed by atoms with Gasteiger partial charge in [0.1, 0.15) is 0 Å². The molecule has 0 aromatic rings. The molecule has 0 amide bonds. The molecule has 19 heteroatoms. The van der Waals surface area contributed by atoms with E-state index < -0.39 is 52.5 Å². The minimum absolute atomic E-state index is 1.32. The summed E-state index contributed by atoms with van der Waals surface area (Å²) < 4.78 is 197. The summed E-state index contributed by atoms with van der Waals surface area (Å²) >= 11 is 0. The van der Waals surface area contributed by atoms with E-state index in [1.807, 2.05) is 0 Å². The van der Waals surface area contributed by atoms with E-state index in [9.17, 15) is 69.9 Å². The minimum Gasteiger partial charge on any atom is -0.256 e. The molecule has 0 aromatic heterocycles. The van der Waals surface area contributed by atoms with Crippen molar-refractivity contribution in [3.05, 3.63) is 0 Å². The van der Waals surface area contributed by atoms with Crippen LogP contribution in [0.15, 0.2) is 0 Å². The first-order valence-electron chi connectivity index (χ1n) is 5.15. The van der Waals surface area contributed by atoms with Crippen molar-refractivity contribution in [3.8, 4) is 0 Å². The molecule has 0 aliphatic rings. The Morgan fingerprint density at radius 1 is 0.654 bits per heavy atom. The molecule has 0 rings (SSSR count). The molecule has 0 saturated heterocycles. The van der Waals surface area contributed by atoms with E-state index in [0.717, 1.165) is 0 Å². The van der Waals surface area contributed by atoms with Gasteiger partial charge in [-0.15, -0.1) is 0 Å². The monoisotopic (exact) mass is 448 g/mol. The van der Waals surface area contributed by atoms with E-state index in [4.69, 9.17) is 0 Å². The number of halogens is 14. The maximum atomic E-state index is 13.0. The maximum Gasteiger partial charge on any atom is 0.483 e. The molecule has 158 valence electrons. The third-order valence-corrected chi connectivity index (χ3v) is 3.32. The fourth-order valence-electron chi connectivity index (χ4n) is 0.828. The second kappa shape index (κ2) is 6.50. The van der Waals surface area contributed by atoms with Gasteiger partial charge in [-0.25, -0.2) is 4.74 Å². The highest BCUT2D eigenvalue weighted by Crippen LogP contribution is 2.52. The van der Waals surface area contributed by atoms with Gasteiger partial charge in [0.25, 0.3) is 0 Å². The first kappa shape index (κ1) is 24.9. The second-order valence-corrected chi connectivity index (χ2v) is 5.71. The summed E-state index contributed by atoms with van der Waals surface area (Å²) in [6, 6.07) is 0. The van der Waals surface area contributed by atoms with Gasteiger partial charge in [-0.2, -0.15) is 69.9 Å². The van der Waals surface area contributed by atoms with E-state index >= 15 is 0 Å². The Balaban J connectivity index is 5.89. The minimum atomic E-state index is -7.72. The van der Waals surface area contributed by atoms with Crippen LogP contribution >= 0.6 is 0 Å². The van der Waals surface area contributed by atoms with Crippen molar-refractivity contribution < 1.29 is 78.8 Å². The first-order chi connectivity index (χ1) is 10.9. The molecule has 4 nitrogen and oxygen atoms in total. The molecule has 0 atom stereocenters. The topological polar surface area (TPSA) is 52.6 Å². The van der Waals surface area contributed by atoms with Crippen molar-refractivity contribution in [2.75, 3.05) is 6.61 Å². The highest BCUT2D eigenvalue weighted by molar-refractivity contribution is 7.87. The lowest BCUT2D eigenvalue weighted by Crippen LogP contribution is -2.62. The van der Waals surface area contributed by atoms with Crippen molar-refractivity contribution in [1.29, 1.82) is 0 Å². The molecule has 0 aromatic carbocycles. The molecular weight excluding hydrogens is 446 g/mol. The van der Waals surface area contributed by atoms with Crippen molar-refractivity contribution in [2.24, 2.45) is 0 Å². The zero-order chi connectivity index (χ0) is 21.6. The quantitative estimate of drug-likeness (QED) is 0.438. The van der Waals surface area contributed by atoms with Crippen LogP contribution in [0, 0.1) is 0 Å². The van der Waals surface area contributed by atoms with Crippen molar-refractivity contribution in [1.82, 2.24) is 0 Å². The zero-order valence-corrected chi connectivity index (χ0v) is 11.9. The Labute approximate surface area is 132 Å². The van der Waals surface area contributed by atoms with Crippen LogP contribution in [0.3, 0.4) is 0 Å². The molecule has 0 heterocycles. The lowest BCUT2D eigenvalue weighted by Gasteiger charge is -2.33. The van der Waals surface area contributed by atoms with Gasteiger partial charge in [0.05, 0.1) is 0 Å². The van der Waals surface area contributed by atoms with Crippen molar-refractivity contribution >= 4 is 10.1 Å². The van der Waals surface area contributed by atoms with Crippen LogP contribution in [0.2, 0.25) is 0 Å². The Hall–Kier alpha value is -1.11. The summed E-state index contributed by atoms with van der Waals surface area (Å²) in [7, 11) is -7.61. The standard InChI is InChI=1S/C7H2F14O4S/c8-2(9,10)1-24-26(22,23)7(20,21)3(11,12)5(16,17)25-6(18,19)4(13,14)15/h1H2. The van der Waals surface area contributed by atoms with Crippen LogP contribution < -0.4 is 0 Å². The van der Waals surface area contributed by atoms with Crippen LogP contribution in [0.5, 0.6) is 0 Å². The van der Waals surface area contributed by atoms with Crippen LogP contribution in [0.25, 0.3) is 0 Å². The van der Waals surface area contributed by atoms with E-state index in [2.05, 4.69) is 4.18 Å². The fraction of sp³-hybridized carbons (Fsp3) is 1.00. The summed E-state index contributed by atoms with van der Waals surface area (Å²) in [6.45, 7) is -3.23. The largest absolute Gasteiger partial charge is 0.483 e. The highest BCUT2D eigenvalue weighted by Gasteiger charge is 2.82. The van der Waals surface area contributed by atoms with Crippen LogP contribution in [-0.2, 0) is 19.0 Å². The number of alkyl halides is 14. The van der Waals surface area contributed by atoms with Gasteiger partial charge in [-0.3, -0.25) is 4.18 Å². The second-order valence-electron chi connectivity index (χ2n) is 4.06.